The van der Waals surface area contributed by atoms with Crippen LogP contribution in [-0.4, -0.2) is 24.1 Å². The van der Waals surface area contributed by atoms with Gasteiger partial charge in [0.25, 0.3) is 5.91 Å². The van der Waals surface area contributed by atoms with Crippen molar-refractivity contribution in [2.75, 3.05) is 13.2 Å². The van der Waals surface area contributed by atoms with Gasteiger partial charge in [-0.3, -0.25) is 4.79 Å². The van der Waals surface area contributed by atoms with Gasteiger partial charge in [-0.05, 0) is 48.9 Å². The van der Waals surface area contributed by atoms with Crippen LogP contribution in [0.4, 0.5) is 0 Å². The summed E-state index contributed by atoms with van der Waals surface area (Å²) in [7, 11) is 0. The number of benzene rings is 2. The molecule has 0 aliphatic carbocycles. The molecular formula is C22H20N2O3S. The normalized spacial score (nSPS) is 13.6. The summed E-state index contributed by atoms with van der Waals surface area (Å²) in [5.74, 6) is 1.29. The van der Waals surface area contributed by atoms with Gasteiger partial charge in [0.1, 0.15) is 18.2 Å². The van der Waals surface area contributed by atoms with E-state index in [1.54, 1.807) is 18.3 Å². The van der Waals surface area contributed by atoms with E-state index in [9.17, 15) is 4.79 Å². The van der Waals surface area contributed by atoms with Gasteiger partial charge in [-0.1, -0.05) is 36.0 Å². The molecule has 5 nitrogen and oxygen atoms in total. The van der Waals surface area contributed by atoms with Gasteiger partial charge in [0.05, 0.1) is 11.6 Å². The second-order valence-electron chi connectivity index (χ2n) is 6.37. The van der Waals surface area contributed by atoms with Crippen molar-refractivity contribution in [1.29, 1.82) is 0 Å². The number of pyridine rings is 1. The molecular weight excluding hydrogens is 372 g/mol. The van der Waals surface area contributed by atoms with Crippen LogP contribution in [-0.2, 0) is 0 Å². The summed E-state index contributed by atoms with van der Waals surface area (Å²) >= 11 is 1.48. The van der Waals surface area contributed by atoms with E-state index in [0.717, 1.165) is 16.2 Å². The van der Waals surface area contributed by atoms with Gasteiger partial charge in [-0.2, -0.15) is 0 Å². The smallest absolute Gasteiger partial charge is 0.254 e. The van der Waals surface area contributed by atoms with Crippen molar-refractivity contribution in [3.05, 3.63) is 78.0 Å². The molecule has 28 heavy (non-hydrogen) atoms. The summed E-state index contributed by atoms with van der Waals surface area (Å²) in [6.45, 7) is 3.04. The number of nitrogens with zero attached hydrogens (tertiary/aromatic N) is 1. The molecule has 142 valence electrons. The first kappa shape index (κ1) is 18.4. The van der Waals surface area contributed by atoms with Gasteiger partial charge >= 0.3 is 0 Å². The molecule has 1 N–H and O–H groups in total. The molecule has 1 aliphatic heterocycles. The average Bonchev–Trinajstić information content (AvgIpc) is 2.74. The second-order valence-corrected chi connectivity index (χ2v) is 7.43. The van der Waals surface area contributed by atoms with Crippen molar-refractivity contribution in [3.63, 3.8) is 0 Å². The molecule has 0 saturated carbocycles. The Morgan fingerprint density at radius 3 is 2.64 bits per heavy atom. The molecule has 0 fully saturated rings. The van der Waals surface area contributed by atoms with Crippen LogP contribution < -0.4 is 14.8 Å². The number of fused-ring (bicyclic) bond motifs is 1. The van der Waals surface area contributed by atoms with Crippen molar-refractivity contribution >= 4 is 17.7 Å². The molecule has 0 spiro atoms. The molecule has 4 rings (SSSR count). The third-order valence-corrected chi connectivity index (χ3v) is 5.41. The topological polar surface area (TPSA) is 60.5 Å². The third-order valence-electron chi connectivity index (χ3n) is 4.39. The Labute approximate surface area is 168 Å². The molecule has 1 aromatic heterocycles. The molecule has 1 unspecified atom stereocenters. The van der Waals surface area contributed by atoms with Gasteiger partial charge in [-0.15, -0.1) is 0 Å². The van der Waals surface area contributed by atoms with Gasteiger partial charge < -0.3 is 14.8 Å². The molecule has 1 amide bonds. The maximum Gasteiger partial charge on any atom is 0.254 e. The molecule has 1 atom stereocenters. The Morgan fingerprint density at radius 2 is 1.82 bits per heavy atom. The van der Waals surface area contributed by atoms with Crippen LogP contribution in [0.25, 0.3) is 0 Å². The molecule has 6 heteroatoms. The third kappa shape index (κ3) is 4.12. The van der Waals surface area contributed by atoms with Crippen molar-refractivity contribution < 1.29 is 14.3 Å². The highest BCUT2D eigenvalue weighted by Crippen LogP contribution is 2.33. The van der Waals surface area contributed by atoms with E-state index in [0.29, 0.717) is 29.6 Å². The number of carbonyl (C=O) groups is 1. The largest absolute Gasteiger partial charge is 0.486 e. The van der Waals surface area contributed by atoms with E-state index in [1.165, 1.54) is 11.8 Å². The minimum absolute atomic E-state index is 0.158. The number of hydrogen-bond acceptors (Lipinski definition) is 5. The van der Waals surface area contributed by atoms with E-state index >= 15 is 0 Å². The molecule has 2 heterocycles. The average molecular weight is 392 g/mol. The van der Waals surface area contributed by atoms with Crippen molar-refractivity contribution in [3.8, 4) is 11.5 Å². The maximum atomic E-state index is 12.9. The summed E-state index contributed by atoms with van der Waals surface area (Å²) < 4.78 is 11.2. The highest BCUT2D eigenvalue weighted by molar-refractivity contribution is 7.99. The van der Waals surface area contributed by atoms with Crippen molar-refractivity contribution in [1.82, 2.24) is 10.3 Å². The van der Waals surface area contributed by atoms with Crippen LogP contribution in [0.15, 0.2) is 76.8 Å². The summed E-state index contributed by atoms with van der Waals surface area (Å²) in [6, 6.07) is 19.0. The maximum absolute atomic E-state index is 12.9. The van der Waals surface area contributed by atoms with Crippen LogP contribution >= 0.6 is 11.8 Å². The summed E-state index contributed by atoms with van der Waals surface area (Å²) in [5.41, 5.74) is 1.51. The first-order valence-electron chi connectivity index (χ1n) is 9.09. The Kier molecular flexibility index (Phi) is 5.48. The van der Waals surface area contributed by atoms with Crippen LogP contribution in [0.5, 0.6) is 11.5 Å². The van der Waals surface area contributed by atoms with E-state index < -0.39 is 0 Å². The van der Waals surface area contributed by atoms with Crippen LogP contribution in [0.1, 0.15) is 28.9 Å². The number of amides is 1. The molecule has 3 aromatic rings. The summed E-state index contributed by atoms with van der Waals surface area (Å²) in [6.07, 6.45) is 1.70. The van der Waals surface area contributed by atoms with Crippen LogP contribution in [0.3, 0.4) is 0 Å². The van der Waals surface area contributed by atoms with E-state index in [1.807, 2.05) is 55.5 Å². The Balaban J connectivity index is 1.51. The monoisotopic (exact) mass is 392 g/mol. The van der Waals surface area contributed by atoms with Gasteiger partial charge in [-0.25, -0.2) is 4.98 Å². The van der Waals surface area contributed by atoms with E-state index in [-0.39, 0.29) is 11.9 Å². The number of hydrogen-bond donors (Lipinski definition) is 1. The Morgan fingerprint density at radius 1 is 1.04 bits per heavy atom. The lowest BCUT2D eigenvalue weighted by molar-refractivity contribution is 0.0936. The predicted octanol–water partition coefficient (Wildman–Crippen LogP) is 4.50. The molecule has 1 aliphatic rings. The zero-order valence-electron chi connectivity index (χ0n) is 15.4. The zero-order chi connectivity index (χ0) is 19.3. The highest BCUT2D eigenvalue weighted by Gasteiger charge is 2.18. The Bertz CT molecular complexity index is 979. The minimum atomic E-state index is -0.182. The van der Waals surface area contributed by atoms with Gasteiger partial charge in [0, 0.05) is 11.1 Å². The predicted molar refractivity (Wildman–Crippen MR) is 108 cm³/mol. The van der Waals surface area contributed by atoms with Crippen molar-refractivity contribution in [2.45, 2.75) is 22.9 Å². The number of ether oxygens (including phenoxy) is 2. The van der Waals surface area contributed by atoms with E-state index in [2.05, 4.69) is 10.3 Å². The fraction of sp³-hybridized carbons (Fsp3) is 0.182. The fourth-order valence-electron chi connectivity index (χ4n) is 2.93. The second kappa shape index (κ2) is 8.35. The lowest BCUT2D eigenvalue weighted by Crippen LogP contribution is -2.27. The van der Waals surface area contributed by atoms with Gasteiger partial charge in [0.2, 0.25) is 0 Å². The minimum Gasteiger partial charge on any atom is -0.486 e. The number of rotatable bonds is 5. The highest BCUT2D eigenvalue weighted by atomic mass is 32.2. The first-order chi connectivity index (χ1) is 13.7. The summed E-state index contributed by atoms with van der Waals surface area (Å²) in [4.78, 5) is 18.3. The van der Waals surface area contributed by atoms with Crippen molar-refractivity contribution in [2.24, 2.45) is 0 Å². The fourth-order valence-corrected chi connectivity index (χ4v) is 3.83. The summed E-state index contributed by atoms with van der Waals surface area (Å²) in [5, 5.41) is 3.74. The quantitative estimate of drug-likeness (QED) is 0.693. The standard InChI is InChI=1S/C22H20N2O3S/c1-15(16-9-10-19-20(14-16)27-13-12-26-19)24-21(25)18-8-5-11-23-22(18)28-17-6-3-2-4-7-17/h2-11,14-15H,12-13H2,1H3,(H,24,25). The van der Waals surface area contributed by atoms with Crippen LogP contribution in [0, 0.1) is 0 Å². The van der Waals surface area contributed by atoms with Crippen LogP contribution in [0.2, 0.25) is 0 Å². The molecule has 0 bridgehead atoms. The molecule has 0 radical (unpaired) electrons. The molecule has 2 aromatic carbocycles. The zero-order valence-corrected chi connectivity index (χ0v) is 16.2. The number of nitrogens with one attached hydrogen (secondary N) is 1. The SMILES string of the molecule is CC(NC(=O)c1cccnc1Sc1ccccc1)c1ccc2c(c1)OCCO2. The number of carbonyl (C=O) groups excluding carboxylic acids is 1. The Hall–Kier alpha value is -2.99. The first-order valence-corrected chi connectivity index (χ1v) is 9.91. The molecule has 0 saturated heterocycles. The van der Waals surface area contributed by atoms with E-state index in [4.69, 9.17) is 9.47 Å². The lowest BCUT2D eigenvalue weighted by atomic mass is 10.1. The lowest BCUT2D eigenvalue weighted by Gasteiger charge is -2.21. The number of aromatic nitrogens is 1. The van der Waals surface area contributed by atoms with Gasteiger partial charge in [0.15, 0.2) is 11.5 Å².